The van der Waals surface area contributed by atoms with Gasteiger partial charge in [-0.15, -0.1) is 0 Å². The van der Waals surface area contributed by atoms with Crippen LogP contribution in [0.4, 0.5) is 0 Å². The van der Waals surface area contributed by atoms with Crippen molar-refractivity contribution in [3.05, 3.63) is 0 Å². The number of hydrogen-bond donors (Lipinski definition) is 1. The fourth-order valence-electron chi connectivity index (χ4n) is 3.51. The van der Waals surface area contributed by atoms with E-state index in [1.54, 1.807) is 0 Å². The summed E-state index contributed by atoms with van der Waals surface area (Å²) in [4.78, 5) is 12.4. The monoisotopic (exact) mass is 391 g/mol. The summed E-state index contributed by atoms with van der Waals surface area (Å²) < 4.78 is 27.1. The van der Waals surface area contributed by atoms with Crippen LogP contribution in [-0.4, -0.2) is 67.7 Å². The van der Waals surface area contributed by atoms with Gasteiger partial charge in [0.05, 0.1) is 5.92 Å². The van der Waals surface area contributed by atoms with Crippen molar-refractivity contribution >= 4 is 27.9 Å². The van der Waals surface area contributed by atoms with Crippen LogP contribution >= 0.6 is 11.8 Å². The Labute approximate surface area is 157 Å². The van der Waals surface area contributed by atoms with E-state index in [1.807, 2.05) is 11.8 Å². The number of nitrogens with zero attached hydrogens (tertiary/aromatic N) is 2. The Morgan fingerprint density at radius 1 is 1.16 bits per heavy atom. The Hall–Kier alpha value is -0.310. The Morgan fingerprint density at radius 2 is 1.88 bits per heavy atom. The number of carbonyl (C=O) groups is 1. The van der Waals surface area contributed by atoms with E-state index in [0.29, 0.717) is 19.6 Å². The number of amides is 1. The average Bonchev–Trinajstić information content (AvgIpc) is 2.62. The minimum absolute atomic E-state index is 0.00122. The molecular weight excluding hydrogens is 358 g/mol. The highest BCUT2D eigenvalue weighted by Crippen LogP contribution is 2.28. The molecule has 0 spiro atoms. The molecule has 0 aromatic carbocycles. The second-order valence-electron chi connectivity index (χ2n) is 7.26. The molecule has 2 aliphatic rings. The number of rotatable bonds is 8. The third kappa shape index (κ3) is 6.41. The highest BCUT2D eigenvalue weighted by atomic mass is 32.2. The standard InChI is InChI=1S/C17H33N3O3S2/c1-19(2)25(22,23)20-12-6-8-15(14-20)17(21)18-11-7-13-24-16-9-4-3-5-10-16/h15-16H,3-14H2,1-2H3,(H,18,21)/t15-/m1/s1. The maximum atomic E-state index is 12.4. The van der Waals surface area contributed by atoms with Gasteiger partial charge < -0.3 is 5.32 Å². The minimum atomic E-state index is -3.42. The maximum absolute atomic E-state index is 12.4. The first-order chi connectivity index (χ1) is 11.9. The summed E-state index contributed by atoms with van der Waals surface area (Å²) in [5, 5.41) is 3.82. The van der Waals surface area contributed by atoms with Crippen LogP contribution in [0, 0.1) is 5.92 Å². The van der Waals surface area contributed by atoms with Gasteiger partial charge in [0, 0.05) is 39.0 Å². The van der Waals surface area contributed by atoms with Crippen molar-refractivity contribution in [2.45, 2.75) is 56.6 Å². The predicted octanol–water partition coefficient (Wildman–Crippen LogP) is 2.08. The molecule has 0 bridgehead atoms. The maximum Gasteiger partial charge on any atom is 0.281 e. The van der Waals surface area contributed by atoms with Gasteiger partial charge in [0.1, 0.15) is 0 Å². The minimum Gasteiger partial charge on any atom is -0.356 e. The number of carbonyl (C=O) groups excluding carboxylic acids is 1. The van der Waals surface area contributed by atoms with Crippen molar-refractivity contribution in [2.75, 3.05) is 39.5 Å². The molecule has 1 amide bonds. The summed E-state index contributed by atoms with van der Waals surface area (Å²) in [5.74, 6) is 0.868. The summed E-state index contributed by atoms with van der Waals surface area (Å²) in [7, 11) is -0.363. The van der Waals surface area contributed by atoms with Gasteiger partial charge in [-0.25, -0.2) is 0 Å². The number of thioether (sulfide) groups is 1. The van der Waals surface area contributed by atoms with E-state index in [9.17, 15) is 13.2 Å². The lowest BCUT2D eigenvalue weighted by Gasteiger charge is -2.32. The smallest absolute Gasteiger partial charge is 0.281 e. The summed E-state index contributed by atoms with van der Waals surface area (Å²) in [6.07, 6.45) is 9.29. The molecule has 0 aromatic heterocycles. The van der Waals surface area contributed by atoms with Gasteiger partial charge in [0.25, 0.3) is 10.2 Å². The van der Waals surface area contributed by atoms with Gasteiger partial charge >= 0.3 is 0 Å². The molecule has 8 heteroatoms. The predicted molar refractivity (Wildman–Crippen MR) is 104 cm³/mol. The van der Waals surface area contributed by atoms with E-state index < -0.39 is 10.2 Å². The van der Waals surface area contributed by atoms with Gasteiger partial charge in [0.2, 0.25) is 5.91 Å². The van der Waals surface area contributed by atoms with Crippen LogP contribution in [-0.2, 0) is 15.0 Å². The molecule has 6 nitrogen and oxygen atoms in total. The zero-order valence-corrected chi connectivity index (χ0v) is 17.2. The highest BCUT2D eigenvalue weighted by molar-refractivity contribution is 7.99. The Balaban J connectivity index is 1.66. The second-order valence-corrected chi connectivity index (χ2v) is 10.8. The van der Waals surface area contributed by atoms with Crippen LogP contribution in [0.1, 0.15) is 51.4 Å². The topological polar surface area (TPSA) is 69.7 Å². The van der Waals surface area contributed by atoms with Gasteiger partial charge in [-0.2, -0.15) is 28.8 Å². The van der Waals surface area contributed by atoms with E-state index >= 15 is 0 Å². The lowest BCUT2D eigenvalue weighted by Crippen LogP contribution is -2.48. The van der Waals surface area contributed by atoms with E-state index in [4.69, 9.17) is 0 Å². The molecule has 0 aromatic rings. The Bertz CT molecular complexity index is 519. The molecule has 2 rings (SSSR count). The van der Waals surface area contributed by atoms with Gasteiger partial charge in [-0.3, -0.25) is 4.79 Å². The molecular formula is C17H33N3O3S2. The quantitative estimate of drug-likeness (QED) is 0.643. The third-order valence-electron chi connectivity index (χ3n) is 5.07. The third-order valence-corrected chi connectivity index (χ3v) is 8.44. The van der Waals surface area contributed by atoms with Crippen LogP contribution < -0.4 is 5.32 Å². The Morgan fingerprint density at radius 3 is 2.56 bits per heavy atom. The summed E-state index contributed by atoms with van der Waals surface area (Å²) >= 11 is 2.05. The number of nitrogens with one attached hydrogen (secondary N) is 1. The number of hydrogen-bond acceptors (Lipinski definition) is 4. The van der Waals surface area contributed by atoms with Crippen LogP contribution in [0.25, 0.3) is 0 Å². The summed E-state index contributed by atoms with van der Waals surface area (Å²) in [5.41, 5.74) is 0. The van der Waals surface area contributed by atoms with Crippen molar-refractivity contribution in [3.8, 4) is 0 Å². The molecule has 1 saturated carbocycles. The number of piperidine rings is 1. The van der Waals surface area contributed by atoms with Crippen LogP contribution in [0.3, 0.4) is 0 Å². The first-order valence-corrected chi connectivity index (χ1v) is 11.9. The van der Waals surface area contributed by atoms with Crippen LogP contribution in [0.5, 0.6) is 0 Å². The molecule has 1 aliphatic carbocycles. The Kier molecular flexibility index (Phi) is 8.51. The zero-order valence-electron chi connectivity index (χ0n) is 15.6. The first kappa shape index (κ1) is 21.0. The summed E-state index contributed by atoms with van der Waals surface area (Å²) in [6.45, 7) is 1.49. The fourth-order valence-corrected chi connectivity index (χ4v) is 6.01. The molecule has 1 aliphatic heterocycles. The van der Waals surface area contributed by atoms with Gasteiger partial charge in [0.15, 0.2) is 0 Å². The molecule has 1 atom stereocenters. The second kappa shape index (κ2) is 10.1. The molecule has 146 valence electrons. The SMILES string of the molecule is CN(C)S(=O)(=O)N1CCC[C@@H](C(=O)NCCCSC2CCCCC2)C1. The zero-order chi connectivity index (χ0) is 18.3. The molecule has 1 heterocycles. The van der Waals surface area contributed by atoms with Crippen molar-refractivity contribution in [2.24, 2.45) is 5.92 Å². The van der Waals surface area contributed by atoms with Crippen molar-refractivity contribution in [3.63, 3.8) is 0 Å². The lowest BCUT2D eigenvalue weighted by atomic mass is 9.99. The largest absolute Gasteiger partial charge is 0.356 e. The fraction of sp³-hybridized carbons (Fsp3) is 0.941. The van der Waals surface area contributed by atoms with E-state index in [0.717, 1.165) is 30.3 Å². The van der Waals surface area contributed by atoms with Gasteiger partial charge in [-0.1, -0.05) is 19.3 Å². The van der Waals surface area contributed by atoms with Crippen molar-refractivity contribution in [1.82, 2.24) is 13.9 Å². The molecule has 0 unspecified atom stereocenters. The van der Waals surface area contributed by atoms with E-state index in [-0.39, 0.29) is 11.8 Å². The van der Waals surface area contributed by atoms with Crippen LogP contribution in [0.15, 0.2) is 0 Å². The molecule has 1 N–H and O–H groups in total. The first-order valence-electron chi connectivity index (χ1n) is 9.48. The normalized spacial score (nSPS) is 23.7. The summed E-state index contributed by atoms with van der Waals surface area (Å²) in [6, 6.07) is 0. The molecule has 2 fully saturated rings. The molecule has 0 radical (unpaired) electrons. The van der Waals surface area contributed by atoms with Crippen LogP contribution in [0.2, 0.25) is 0 Å². The lowest BCUT2D eigenvalue weighted by molar-refractivity contribution is -0.126. The molecule has 1 saturated heterocycles. The van der Waals surface area contributed by atoms with Gasteiger partial charge in [-0.05, 0) is 37.9 Å². The average molecular weight is 392 g/mol. The molecule has 25 heavy (non-hydrogen) atoms. The van der Waals surface area contributed by atoms with Crippen molar-refractivity contribution in [1.29, 1.82) is 0 Å². The van der Waals surface area contributed by atoms with Crippen molar-refractivity contribution < 1.29 is 13.2 Å². The highest BCUT2D eigenvalue weighted by Gasteiger charge is 2.33. The van der Waals surface area contributed by atoms with E-state index in [1.165, 1.54) is 54.8 Å². The van der Waals surface area contributed by atoms with E-state index in [2.05, 4.69) is 5.32 Å².